The largest absolute Gasteiger partial charge is 0.381 e. The first-order chi connectivity index (χ1) is 6.27. The molecule has 0 spiro atoms. The number of hydrogen-bond donors (Lipinski definition) is 0. The van der Waals surface area contributed by atoms with E-state index >= 15 is 0 Å². The molecule has 1 aliphatic rings. The van der Waals surface area contributed by atoms with Crippen LogP contribution in [0.1, 0.15) is 32.6 Å². The predicted octanol–water partition coefficient (Wildman–Crippen LogP) is 2.59. The topological polar surface area (TPSA) is 18.5 Å². The van der Waals surface area contributed by atoms with Crippen molar-refractivity contribution in [3.05, 3.63) is 0 Å². The fourth-order valence-electron chi connectivity index (χ4n) is 1.49. The smallest absolute Gasteiger partial charge is 0.0512 e. The molecule has 0 atom stereocenters. The van der Waals surface area contributed by atoms with Crippen molar-refractivity contribution in [3.63, 3.8) is 0 Å². The maximum Gasteiger partial charge on any atom is 0.0512 e. The van der Waals surface area contributed by atoms with Gasteiger partial charge in [0.15, 0.2) is 0 Å². The second-order valence-corrected chi connectivity index (χ2v) is 4.43. The Morgan fingerprint density at radius 2 is 2.00 bits per heavy atom. The van der Waals surface area contributed by atoms with Crippen LogP contribution in [0.15, 0.2) is 0 Å². The Morgan fingerprint density at radius 1 is 1.31 bits per heavy atom. The van der Waals surface area contributed by atoms with Crippen molar-refractivity contribution in [1.82, 2.24) is 0 Å². The second-order valence-electron chi connectivity index (χ2n) is 3.63. The summed E-state index contributed by atoms with van der Waals surface area (Å²) in [6, 6.07) is 0. The molecule has 2 nitrogen and oxygen atoms in total. The van der Waals surface area contributed by atoms with E-state index in [0.717, 1.165) is 52.1 Å². The van der Waals surface area contributed by atoms with E-state index in [1.54, 1.807) is 0 Å². The summed E-state index contributed by atoms with van der Waals surface area (Å²) in [5.41, 5.74) is 0. The van der Waals surface area contributed by atoms with Gasteiger partial charge >= 0.3 is 0 Å². The lowest BCUT2D eigenvalue weighted by Crippen LogP contribution is -2.31. The summed E-state index contributed by atoms with van der Waals surface area (Å²) in [6.45, 7) is 5.36. The summed E-state index contributed by atoms with van der Waals surface area (Å²) < 4.78 is 10.7. The van der Waals surface area contributed by atoms with Gasteiger partial charge in [-0.25, -0.2) is 0 Å². The molecule has 3 heteroatoms. The minimum atomic E-state index is -0.0496. The summed E-state index contributed by atoms with van der Waals surface area (Å²) in [7, 11) is 0. The monoisotopic (exact) mass is 206 g/mol. The van der Waals surface area contributed by atoms with E-state index in [2.05, 4.69) is 6.92 Å². The molecule has 0 N–H and O–H groups in total. The summed E-state index contributed by atoms with van der Waals surface area (Å²) in [4.78, 5) is -0.0496. The van der Waals surface area contributed by atoms with Gasteiger partial charge in [-0.2, -0.15) is 0 Å². The van der Waals surface area contributed by atoms with Crippen LogP contribution in [0.4, 0.5) is 0 Å². The Balaban J connectivity index is 2.10. The van der Waals surface area contributed by atoms with Crippen LogP contribution in [0.25, 0.3) is 0 Å². The SMILES string of the molecule is CCCOCCC1(Cl)CCOCC1. The summed E-state index contributed by atoms with van der Waals surface area (Å²) in [5, 5.41) is 0. The minimum absolute atomic E-state index is 0.0496. The predicted molar refractivity (Wildman–Crippen MR) is 54.4 cm³/mol. The molecule has 0 radical (unpaired) electrons. The van der Waals surface area contributed by atoms with Crippen molar-refractivity contribution in [2.75, 3.05) is 26.4 Å². The molecule has 0 aliphatic carbocycles. The minimum Gasteiger partial charge on any atom is -0.381 e. The molecule has 0 amide bonds. The lowest BCUT2D eigenvalue weighted by molar-refractivity contribution is 0.0574. The standard InChI is InChI=1S/C10H19ClO2/c1-2-6-12-7-3-10(11)4-8-13-9-5-10/h2-9H2,1H3. The van der Waals surface area contributed by atoms with Crippen LogP contribution >= 0.6 is 11.6 Å². The van der Waals surface area contributed by atoms with Gasteiger partial charge in [-0.05, 0) is 25.7 Å². The highest BCUT2D eigenvalue weighted by atomic mass is 35.5. The quantitative estimate of drug-likeness (QED) is 0.509. The van der Waals surface area contributed by atoms with E-state index < -0.39 is 0 Å². The third-order valence-corrected chi connectivity index (χ3v) is 3.00. The molecular weight excluding hydrogens is 188 g/mol. The van der Waals surface area contributed by atoms with E-state index in [-0.39, 0.29) is 4.87 Å². The molecule has 0 saturated carbocycles. The van der Waals surface area contributed by atoms with E-state index in [4.69, 9.17) is 21.1 Å². The number of hydrogen-bond acceptors (Lipinski definition) is 2. The van der Waals surface area contributed by atoms with Crippen LogP contribution in [0.3, 0.4) is 0 Å². The Kier molecular flexibility index (Phi) is 5.07. The van der Waals surface area contributed by atoms with E-state index in [1.807, 2.05) is 0 Å². The van der Waals surface area contributed by atoms with Gasteiger partial charge < -0.3 is 9.47 Å². The lowest BCUT2D eigenvalue weighted by atomic mass is 9.96. The molecule has 1 heterocycles. The third kappa shape index (κ3) is 4.30. The first-order valence-electron chi connectivity index (χ1n) is 5.11. The molecule has 0 bridgehead atoms. The fraction of sp³-hybridized carbons (Fsp3) is 1.00. The van der Waals surface area contributed by atoms with Crippen molar-refractivity contribution < 1.29 is 9.47 Å². The zero-order valence-corrected chi connectivity index (χ0v) is 9.11. The molecule has 78 valence electrons. The molecule has 1 saturated heterocycles. The molecule has 0 aromatic carbocycles. The van der Waals surface area contributed by atoms with Gasteiger partial charge in [0.1, 0.15) is 0 Å². The van der Waals surface area contributed by atoms with Crippen molar-refractivity contribution >= 4 is 11.6 Å². The van der Waals surface area contributed by atoms with E-state index in [1.165, 1.54) is 0 Å². The number of alkyl halides is 1. The van der Waals surface area contributed by atoms with Crippen molar-refractivity contribution in [1.29, 1.82) is 0 Å². The van der Waals surface area contributed by atoms with Crippen molar-refractivity contribution in [2.24, 2.45) is 0 Å². The maximum atomic E-state index is 6.39. The van der Waals surface area contributed by atoms with Gasteiger partial charge in [0.2, 0.25) is 0 Å². The molecule has 1 fully saturated rings. The number of halogens is 1. The molecular formula is C10H19ClO2. The van der Waals surface area contributed by atoms with Gasteiger partial charge in [0.05, 0.1) is 4.87 Å². The molecule has 13 heavy (non-hydrogen) atoms. The normalized spacial score (nSPS) is 21.7. The van der Waals surface area contributed by atoms with Gasteiger partial charge in [-0.1, -0.05) is 6.92 Å². The summed E-state index contributed by atoms with van der Waals surface area (Å²) >= 11 is 6.39. The van der Waals surface area contributed by atoms with Crippen molar-refractivity contribution in [3.8, 4) is 0 Å². The van der Waals surface area contributed by atoms with Crippen LogP contribution in [-0.4, -0.2) is 31.3 Å². The third-order valence-electron chi connectivity index (χ3n) is 2.43. The van der Waals surface area contributed by atoms with E-state index in [9.17, 15) is 0 Å². The maximum absolute atomic E-state index is 6.39. The first-order valence-corrected chi connectivity index (χ1v) is 5.49. The Morgan fingerprint density at radius 3 is 2.62 bits per heavy atom. The van der Waals surface area contributed by atoms with E-state index in [0.29, 0.717) is 0 Å². The highest BCUT2D eigenvalue weighted by Gasteiger charge is 2.29. The first kappa shape index (κ1) is 11.3. The molecule has 1 aliphatic heterocycles. The molecule has 0 aromatic heterocycles. The average Bonchev–Trinajstić information content (AvgIpc) is 2.14. The average molecular weight is 207 g/mol. The van der Waals surface area contributed by atoms with Crippen LogP contribution in [0, 0.1) is 0 Å². The Hall–Kier alpha value is 0.210. The molecule has 0 aromatic rings. The highest BCUT2D eigenvalue weighted by Crippen LogP contribution is 2.31. The lowest BCUT2D eigenvalue weighted by Gasteiger charge is -2.30. The van der Waals surface area contributed by atoms with Crippen LogP contribution in [-0.2, 0) is 9.47 Å². The van der Waals surface area contributed by atoms with Crippen LogP contribution in [0.5, 0.6) is 0 Å². The highest BCUT2D eigenvalue weighted by molar-refractivity contribution is 6.24. The van der Waals surface area contributed by atoms with Crippen molar-refractivity contribution in [2.45, 2.75) is 37.5 Å². The van der Waals surface area contributed by atoms with Gasteiger partial charge in [0, 0.05) is 26.4 Å². The fourth-order valence-corrected chi connectivity index (χ4v) is 1.72. The molecule has 1 rings (SSSR count). The summed E-state index contributed by atoms with van der Waals surface area (Å²) in [6.07, 6.45) is 3.96. The summed E-state index contributed by atoms with van der Waals surface area (Å²) in [5.74, 6) is 0. The molecule has 0 unspecified atom stereocenters. The van der Waals surface area contributed by atoms with Crippen LogP contribution < -0.4 is 0 Å². The zero-order chi connectivity index (χ0) is 9.57. The Bertz CT molecular complexity index is 133. The van der Waals surface area contributed by atoms with Gasteiger partial charge in [0.25, 0.3) is 0 Å². The Labute approximate surface area is 85.5 Å². The number of rotatable bonds is 5. The second kappa shape index (κ2) is 5.84. The number of ether oxygens (including phenoxy) is 2. The zero-order valence-electron chi connectivity index (χ0n) is 8.35. The van der Waals surface area contributed by atoms with Gasteiger partial charge in [-0.15, -0.1) is 11.6 Å². The van der Waals surface area contributed by atoms with Gasteiger partial charge in [-0.3, -0.25) is 0 Å². The van der Waals surface area contributed by atoms with Crippen LogP contribution in [0.2, 0.25) is 0 Å².